The number of nitrogens with one attached hydrogen (secondary N) is 1. The first-order chi connectivity index (χ1) is 7.50. The van der Waals surface area contributed by atoms with Gasteiger partial charge in [0.05, 0.1) is 0 Å². The number of halogens is 2. The Hall–Kier alpha value is -1.53. The van der Waals surface area contributed by atoms with Crippen molar-refractivity contribution in [3.63, 3.8) is 0 Å². The van der Waals surface area contributed by atoms with Gasteiger partial charge in [0.25, 0.3) is 0 Å². The van der Waals surface area contributed by atoms with Gasteiger partial charge in [-0.25, -0.2) is 8.78 Å². The van der Waals surface area contributed by atoms with E-state index in [1.165, 1.54) is 6.07 Å². The summed E-state index contributed by atoms with van der Waals surface area (Å²) in [5.41, 5.74) is 5.76. The van der Waals surface area contributed by atoms with Gasteiger partial charge in [0.1, 0.15) is 6.04 Å². The van der Waals surface area contributed by atoms with Crippen LogP contribution in [0.5, 0.6) is 0 Å². The minimum atomic E-state index is -1.11. The Morgan fingerprint density at radius 1 is 1.44 bits per heavy atom. The molecule has 0 aliphatic rings. The maximum atomic E-state index is 12.8. The lowest BCUT2D eigenvalue weighted by molar-refractivity contribution is -0.138. The van der Waals surface area contributed by atoms with E-state index < -0.39 is 23.6 Å². The predicted molar refractivity (Wildman–Crippen MR) is 53.7 cm³/mol. The summed E-state index contributed by atoms with van der Waals surface area (Å²) in [5, 5.41) is 11.2. The van der Waals surface area contributed by atoms with E-state index in [4.69, 9.17) is 10.8 Å². The van der Waals surface area contributed by atoms with Crippen LogP contribution in [-0.2, 0) is 11.3 Å². The second-order valence-corrected chi connectivity index (χ2v) is 3.32. The lowest BCUT2D eigenvalue weighted by atomic mass is 10.2. The summed E-state index contributed by atoms with van der Waals surface area (Å²) in [6.07, 6.45) is 0. The largest absolute Gasteiger partial charge is 0.480 e. The summed E-state index contributed by atoms with van der Waals surface area (Å²) in [5.74, 6) is -2.95. The first-order valence-corrected chi connectivity index (χ1v) is 4.63. The Labute approximate surface area is 91.1 Å². The van der Waals surface area contributed by atoms with Crippen molar-refractivity contribution in [3.05, 3.63) is 35.4 Å². The molecule has 0 spiro atoms. The van der Waals surface area contributed by atoms with Crippen molar-refractivity contribution in [2.24, 2.45) is 5.73 Å². The summed E-state index contributed by atoms with van der Waals surface area (Å²) in [6.45, 7) is 0.298. The second kappa shape index (κ2) is 5.53. The van der Waals surface area contributed by atoms with Gasteiger partial charge in [-0.2, -0.15) is 0 Å². The Balaban J connectivity index is 2.43. The van der Waals surface area contributed by atoms with Gasteiger partial charge in [-0.1, -0.05) is 6.07 Å². The number of nitrogens with two attached hydrogens (primary N) is 1. The van der Waals surface area contributed by atoms with Gasteiger partial charge < -0.3 is 16.2 Å². The lowest BCUT2D eigenvalue weighted by Gasteiger charge is -2.08. The van der Waals surface area contributed by atoms with E-state index in [9.17, 15) is 13.6 Å². The van der Waals surface area contributed by atoms with Crippen LogP contribution in [-0.4, -0.2) is 23.7 Å². The molecule has 4 N–H and O–H groups in total. The first kappa shape index (κ1) is 12.5. The molecule has 1 rings (SSSR count). The zero-order valence-corrected chi connectivity index (χ0v) is 8.41. The van der Waals surface area contributed by atoms with E-state index in [1.807, 2.05) is 0 Å². The van der Waals surface area contributed by atoms with Gasteiger partial charge in [0.2, 0.25) is 0 Å². The van der Waals surface area contributed by atoms with Gasteiger partial charge >= 0.3 is 5.97 Å². The van der Waals surface area contributed by atoms with Crippen LogP contribution in [0.1, 0.15) is 5.56 Å². The Morgan fingerprint density at radius 3 is 2.69 bits per heavy atom. The third-order valence-electron chi connectivity index (χ3n) is 1.99. The molecule has 0 aliphatic carbocycles. The molecule has 4 nitrogen and oxygen atoms in total. The number of hydrogen-bond donors (Lipinski definition) is 3. The molecule has 0 amide bonds. The minimum Gasteiger partial charge on any atom is -0.480 e. The Bertz CT molecular complexity index is 385. The van der Waals surface area contributed by atoms with Crippen LogP contribution in [0.25, 0.3) is 0 Å². The maximum Gasteiger partial charge on any atom is 0.321 e. The molecule has 0 saturated carbocycles. The molecule has 1 atom stereocenters. The highest BCUT2D eigenvalue weighted by molar-refractivity contribution is 5.73. The smallest absolute Gasteiger partial charge is 0.321 e. The Morgan fingerprint density at radius 2 is 2.12 bits per heavy atom. The third kappa shape index (κ3) is 3.56. The topological polar surface area (TPSA) is 75.3 Å². The quantitative estimate of drug-likeness (QED) is 0.687. The number of benzene rings is 1. The van der Waals surface area contributed by atoms with Gasteiger partial charge in [-0.15, -0.1) is 0 Å². The average Bonchev–Trinajstić information content (AvgIpc) is 2.23. The fourth-order valence-electron chi connectivity index (χ4n) is 1.11. The molecule has 1 aromatic carbocycles. The molecule has 0 fully saturated rings. The molecule has 16 heavy (non-hydrogen) atoms. The first-order valence-electron chi connectivity index (χ1n) is 4.63. The fourth-order valence-corrected chi connectivity index (χ4v) is 1.11. The SMILES string of the molecule is NC(CNCc1ccc(F)c(F)c1)C(=O)O. The average molecular weight is 230 g/mol. The fraction of sp³-hybridized carbons (Fsp3) is 0.300. The Kier molecular flexibility index (Phi) is 4.33. The molecule has 1 aromatic rings. The van der Waals surface area contributed by atoms with Gasteiger partial charge in [0.15, 0.2) is 11.6 Å². The molecule has 0 bridgehead atoms. The van der Waals surface area contributed by atoms with Gasteiger partial charge in [-0.3, -0.25) is 4.79 Å². The zero-order chi connectivity index (χ0) is 12.1. The number of carbonyl (C=O) groups is 1. The molecule has 0 radical (unpaired) electrons. The monoisotopic (exact) mass is 230 g/mol. The van der Waals surface area contributed by atoms with Crippen LogP contribution in [0, 0.1) is 11.6 Å². The molecular formula is C10H12F2N2O2. The van der Waals surface area contributed by atoms with E-state index in [1.54, 1.807) is 0 Å². The molecule has 88 valence electrons. The number of aliphatic carboxylic acids is 1. The number of carboxylic acids is 1. The van der Waals surface area contributed by atoms with E-state index in [2.05, 4.69) is 5.32 Å². The van der Waals surface area contributed by atoms with E-state index in [0.29, 0.717) is 5.56 Å². The highest BCUT2D eigenvalue weighted by Gasteiger charge is 2.10. The van der Waals surface area contributed by atoms with Crippen molar-refractivity contribution in [1.82, 2.24) is 5.32 Å². The number of rotatable bonds is 5. The summed E-state index contributed by atoms with van der Waals surface area (Å²) in [4.78, 5) is 10.4. The second-order valence-electron chi connectivity index (χ2n) is 3.32. The molecule has 1 unspecified atom stereocenters. The molecule has 0 saturated heterocycles. The van der Waals surface area contributed by atoms with Crippen LogP contribution in [0.15, 0.2) is 18.2 Å². The summed E-state index contributed by atoms with van der Waals surface area (Å²) in [6, 6.07) is 2.47. The van der Waals surface area contributed by atoms with E-state index in [-0.39, 0.29) is 13.1 Å². The van der Waals surface area contributed by atoms with Crippen LogP contribution in [0.3, 0.4) is 0 Å². The molecule has 6 heteroatoms. The minimum absolute atomic E-state index is 0.0638. The van der Waals surface area contributed by atoms with E-state index >= 15 is 0 Å². The zero-order valence-electron chi connectivity index (χ0n) is 8.41. The van der Waals surface area contributed by atoms with Crippen LogP contribution in [0.2, 0.25) is 0 Å². The third-order valence-corrected chi connectivity index (χ3v) is 1.99. The van der Waals surface area contributed by atoms with Crippen molar-refractivity contribution in [2.45, 2.75) is 12.6 Å². The van der Waals surface area contributed by atoms with Crippen molar-refractivity contribution in [2.75, 3.05) is 6.54 Å². The predicted octanol–water partition coefficient (Wildman–Crippen LogP) is 0.466. The van der Waals surface area contributed by atoms with Crippen molar-refractivity contribution < 1.29 is 18.7 Å². The van der Waals surface area contributed by atoms with Gasteiger partial charge in [0, 0.05) is 13.1 Å². The van der Waals surface area contributed by atoms with Crippen LogP contribution in [0.4, 0.5) is 8.78 Å². The normalized spacial score (nSPS) is 12.4. The van der Waals surface area contributed by atoms with Crippen molar-refractivity contribution in [3.8, 4) is 0 Å². The maximum absolute atomic E-state index is 12.8. The molecular weight excluding hydrogens is 218 g/mol. The molecule has 0 aromatic heterocycles. The number of carboxylic acid groups (broad SMARTS) is 1. The standard InChI is InChI=1S/C10H12F2N2O2/c11-7-2-1-6(3-8(7)12)4-14-5-9(13)10(15)16/h1-3,9,14H,4-5,13H2,(H,15,16). The van der Waals surface area contributed by atoms with Crippen molar-refractivity contribution >= 4 is 5.97 Å². The lowest BCUT2D eigenvalue weighted by Crippen LogP contribution is -2.40. The van der Waals surface area contributed by atoms with Crippen molar-refractivity contribution in [1.29, 1.82) is 0 Å². The van der Waals surface area contributed by atoms with E-state index in [0.717, 1.165) is 12.1 Å². The summed E-state index contributed by atoms with van der Waals surface area (Å²) >= 11 is 0. The summed E-state index contributed by atoms with van der Waals surface area (Å²) < 4.78 is 25.3. The molecule has 0 heterocycles. The number of hydrogen-bond acceptors (Lipinski definition) is 3. The van der Waals surface area contributed by atoms with Gasteiger partial charge in [-0.05, 0) is 17.7 Å². The highest BCUT2D eigenvalue weighted by atomic mass is 19.2. The van der Waals surface area contributed by atoms with Crippen LogP contribution < -0.4 is 11.1 Å². The summed E-state index contributed by atoms with van der Waals surface area (Å²) in [7, 11) is 0. The van der Waals surface area contributed by atoms with Crippen LogP contribution >= 0.6 is 0 Å². The molecule has 0 aliphatic heterocycles. The highest BCUT2D eigenvalue weighted by Crippen LogP contribution is 2.08.